The number of likely N-dealkylation sites (tertiary alicyclic amines) is 1. The van der Waals surface area contributed by atoms with Crippen LogP contribution < -0.4 is 10.0 Å². The maximum Gasteiger partial charge on any atom is 0.279 e. The van der Waals surface area contributed by atoms with Crippen LogP contribution in [0.5, 0.6) is 0 Å². The SMILES string of the molecule is CCNCCCN(C)S(=O)(=O)NCC1CCN(C(C)C)C1. The van der Waals surface area contributed by atoms with Crippen molar-refractivity contribution in [3.63, 3.8) is 0 Å². The molecule has 6 nitrogen and oxygen atoms in total. The molecule has 0 aliphatic carbocycles. The molecule has 21 heavy (non-hydrogen) atoms. The Balaban J connectivity index is 2.29. The zero-order chi connectivity index (χ0) is 15.9. The van der Waals surface area contributed by atoms with Gasteiger partial charge < -0.3 is 10.2 Å². The van der Waals surface area contributed by atoms with Crippen LogP contribution in [0.3, 0.4) is 0 Å². The lowest BCUT2D eigenvalue weighted by atomic mass is 10.1. The van der Waals surface area contributed by atoms with Crippen molar-refractivity contribution in [3.05, 3.63) is 0 Å². The number of hydrogen-bond acceptors (Lipinski definition) is 4. The maximum absolute atomic E-state index is 12.1. The molecule has 0 bridgehead atoms. The van der Waals surface area contributed by atoms with Crippen LogP contribution in [-0.4, -0.2) is 70.0 Å². The second-order valence-corrected chi connectivity index (χ2v) is 7.99. The van der Waals surface area contributed by atoms with Crippen molar-refractivity contribution in [2.24, 2.45) is 5.92 Å². The molecule has 1 aliphatic heterocycles. The number of rotatable bonds is 10. The largest absolute Gasteiger partial charge is 0.317 e. The van der Waals surface area contributed by atoms with Crippen LogP contribution in [-0.2, 0) is 10.2 Å². The summed E-state index contributed by atoms with van der Waals surface area (Å²) in [4.78, 5) is 2.40. The molecule has 0 spiro atoms. The molecule has 1 fully saturated rings. The Morgan fingerprint density at radius 2 is 2.10 bits per heavy atom. The van der Waals surface area contributed by atoms with Crippen molar-refractivity contribution in [2.75, 3.05) is 46.3 Å². The van der Waals surface area contributed by atoms with Crippen molar-refractivity contribution in [1.82, 2.24) is 19.2 Å². The number of nitrogens with one attached hydrogen (secondary N) is 2. The fourth-order valence-electron chi connectivity index (χ4n) is 2.56. The van der Waals surface area contributed by atoms with Gasteiger partial charge in [-0.2, -0.15) is 12.7 Å². The average molecular weight is 321 g/mol. The van der Waals surface area contributed by atoms with Crippen LogP contribution in [0.15, 0.2) is 0 Å². The van der Waals surface area contributed by atoms with E-state index in [0.29, 0.717) is 25.0 Å². The van der Waals surface area contributed by atoms with E-state index in [4.69, 9.17) is 0 Å². The lowest BCUT2D eigenvalue weighted by molar-refractivity contribution is 0.265. The molecule has 2 N–H and O–H groups in total. The first kappa shape index (κ1) is 18.8. The Morgan fingerprint density at radius 3 is 2.67 bits per heavy atom. The molecular formula is C14H32N4O2S. The van der Waals surface area contributed by atoms with Gasteiger partial charge in [0.15, 0.2) is 0 Å². The van der Waals surface area contributed by atoms with E-state index in [2.05, 4.69) is 28.8 Å². The third-order valence-electron chi connectivity index (χ3n) is 4.09. The van der Waals surface area contributed by atoms with Gasteiger partial charge in [0.2, 0.25) is 0 Å². The molecule has 1 unspecified atom stereocenters. The molecule has 0 radical (unpaired) electrons. The summed E-state index contributed by atoms with van der Waals surface area (Å²) in [5.74, 6) is 0.428. The first-order valence-electron chi connectivity index (χ1n) is 8.02. The molecule has 7 heteroatoms. The summed E-state index contributed by atoms with van der Waals surface area (Å²) < 4.78 is 28.5. The van der Waals surface area contributed by atoms with Gasteiger partial charge in [-0.3, -0.25) is 0 Å². The van der Waals surface area contributed by atoms with Crippen molar-refractivity contribution in [3.8, 4) is 0 Å². The molecule has 0 amide bonds. The zero-order valence-corrected chi connectivity index (χ0v) is 14.7. The third kappa shape index (κ3) is 6.61. The van der Waals surface area contributed by atoms with Crippen molar-refractivity contribution >= 4 is 10.2 Å². The number of nitrogens with zero attached hydrogens (tertiary/aromatic N) is 2. The van der Waals surface area contributed by atoms with Gasteiger partial charge in [0, 0.05) is 32.7 Å². The van der Waals surface area contributed by atoms with E-state index in [1.165, 1.54) is 4.31 Å². The van der Waals surface area contributed by atoms with E-state index in [0.717, 1.165) is 39.0 Å². The minimum absolute atomic E-state index is 0.428. The van der Waals surface area contributed by atoms with Crippen LogP contribution in [0.2, 0.25) is 0 Å². The van der Waals surface area contributed by atoms with Gasteiger partial charge in [-0.1, -0.05) is 6.92 Å². The molecule has 0 aromatic rings. The summed E-state index contributed by atoms with van der Waals surface area (Å²) >= 11 is 0. The molecule has 1 saturated heterocycles. The minimum atomic E-state index is -3.34. The van der Waals surface area contributed by atoms with Gasteiger partial charge in [-0.25, -0.2) is 4.72 Å². The summed E-state index contributed by atoms with van der Waals surface area (Å²) in [7, 11) is -1.69. The monoisotopic (exact) mass is 320 g/mol. The lowest BCUT2D eigenvalue weighted by Crippen LogP contribution is -2.41. The molecule has 1 heterocycles. The molecular weight excluding hydrogens is 288 g/mol. The second kappa shape index (κ2) is 9.05. The molecule has 1 rings (SSSR count). The van der Waals surface area contributed by atoms with Gasteiger partial charge in [0.05, 0.1) is 0 Å². The fraction of sp³-hybridized carbons (Fsp3) is 1.00. The van der Waals surface area contributed by atoms with Crippen LogP contribution >= 0.6 is 0 Å². The predicted molar refractivity (Wildman–Crippen MR) is 87.5 cm³/mol. The summed E-state index contributed by atoms with van der Waals surface area (Å²) in [6.07, 6.45) is 1.90. The van der Waals surface area contributed by atoms with Crippen molar-refractivity contribution in [2.45, 2.75) is 39.7 Å². The highest BCUT2D eigenvalue weighted by atomic mass is 32.2. The van der Waals surface area contributed by atoms with E-state index in [1.807, 2.05) is 6.92 Å². The van der Waals surface area contributed by atoms with E-state index < -0.39 is 10.2 Å². The molecule has 0 saturated carbocycles. The summed E-state index contributed by atoms with van der Waals surface area (Å²) in [5, 5.41) is 3.20. The van der Waals surface area contributed by atoms with Crippen molar-refractivity contribution < 1.29 is 8.42 Å². The fourth-order valence-corrected chi connectivity index (χ4v) is 3.59. The highest BCUT2D eigenvalue weighted by Crippen LogP contribution is 2.17. The predicted octanol–water partition coefficient (Wildman–Crippen LogP) is 0.483. The second-order valence-electron chi connectivity index (χ2n) is 6.13. The average Bonchev–Trinajstić information content (AvgIpc) is 2.90. The number of hydrogen-bond donors (Lipinski definition) is 2. The van der Waals surface area contributed by atoms with E-state index in [1.54, 1.807) is 7.05 Å². The highest BCUT2D eigenvalue weighted by molar-refractivity contribution is 7.87. The highest BCUT2D eigenvalue weighted by Gasteiger charge is 2.26. The van der Waals surface area contributed by atoms with Crippen LogP contribution in [0.1, 0.15) is 33.6 Å². The molecule has 1 aliphatic rings. The molecule has 1 atom stereocenters. The Morgan fingerprint density at radius 1 is 1.38 bits per heavy atom. The smallest absolute Gasteiger partial charge is 0.279 e. The summed E-state index contributed by atoms with van der Waals surface area (Å²) in [5.41, 5.74) is 0. The van der Waals surface area contributed by atoms with Crippen LogP contribution in [0.25, 0.3) is 0 Å². The minimum Gasteiger partial charge on any atom is -0.317 e. The van der Waals surface area contributed by atoms with Gasteiger partial charge in [0.1, 0.15) is 0 Å². The normalized spacial score (nSPS) is 20.8. The maximum atomic E-state index is 12.1. The van der Waals surface area contributed by atoms with Crippen LogP contribution in [0, 0.1) is 5.92 Å². The third-order valence-corrected chi connectivity index (χ3v) is 5.62. The van der Waals surface area contributed by atoms with Crippen LogP contribution in [0.4, 0.5) is 0 Å². The summed E-state index contributed by atoms with van der Waals surface area (Å²) in [6.45, 7) is 11.3. The first-order chi connectivity index (χ1) is 9.86. The van der Waals surface area contributed by atoms with Gasteiger partial charge >= 0.3 is 0 Å². The Bertz CT molecular complexity index is 386. The Hall–Kier alpha value is -0.210. The van der Waals surface area contributed by atoms with E-state index in [9.17, 15) is 8.42 Å². The molecule has 0 aromatic carbocycles. The molecule has 0 aromatic heterocycles. The Labute approximate surface area is 130 Å². The Kier molecular flexibility index (Phi) is 8.12. The summed E-state index contributed by atoms with van der Waals surface area (Å²) in [6, 6.07) is 0.542. The van der Waals surface area contributed by atoms with Gasteiger partial charge in [0.25, 0.3) is 10.2 Å². The van der Waals surface area contributed by atoms with Gasteiger partial charge in [-0.15, -0.1) is 0 Å². The quantitative estimate of drug-likeness (QED) is 0.575. The van der Waals surface area contributed by atoms with E-state index in [-0.39, 0.29) is 0 Å². The lowest BCUT2D eigenvalue weighted by Gasteiger charge is -2.21. The van der Waals surface area contributed by atoms with Crippen molar-refractivity contribution in [1.29, 1.82) is 0 Å². The topological polar surface area (TPSA) is 64.7 Å². The zero-order valence-electron chi connectivity index (χ0n) is 13.9. The standard InChI is InChI=1S/C14H32N4O2S/c1-5-15-8-6-9-17(4)21(19,20)16-11-14-7-10-18(12-14)13(2)3/h13-16H,5-12H2,1-4H3. The van der Waals surface area contributed by atoms with E-state index >= 15 is 0 Å². The van der Waals surface area contributed by atoms with Gasteiger partial charge in [-0.05, 0) is 52.2 Å². The molecule has 126 valence electrons. The first-order valence-corrected chi connectivity index (χ1v) is 9.46.